The zero-order valence-electron chi connectivity index (χ0n) is 14.9. The molecule has 0 aromatic heterocycles. The molecule has 3 rings (SSSR count). The summed E-state index contributed by atoms with van der Waals surface area (Å²) in [7, 11) is -1.39. The maximum Gasteiger partial charge on any atom is 0.451 e. The fourth-order valence-corrected chi connectivity index (χ4v) is 4.09. The topological polar surface area (TPSA) is 104 Å². The summed E-state index contributed by atoms with van der Waals surface area (Å²) in [5.74, 6) is -2.23. The van der Waals surface area contributed by atoms with E-state index in [4.69, 9.17) is 15.8 Å². The van der Waals surface area contributed by atoms with Gasteiger partial charge in [-0.05, 0) is 59.5 Å². The Morgan fingerprint density at radius 1 is 1.22 bits per heavy atom. The van der Waals surface area contributed by atoms with Gasteiger partial charge < -0.3 is 20.9 Å². The van der Waals surface area contributed by atoms with Crippen LogP contribution < -0.4 is 5.73 Å². The van der Waals surface area contributed by atoms with Gasteiger partial charge in [-0.25, -0.2) is 4.39 Å². The highest BCUT2D eigenvalue weighted by Crippen LogP contribution is 2.43. The summed E-state index contributed by atoms with van der Waals surface area (Å²) >= 11 is 0. The van der Waals surface area contributed by atoms with Gasteiger partial charge >= 0.3 is 13.1 Å². The number of carbonyl (C=O) groups is 1. The van der Waals surface area contributed by atoms with Crippen LogP contribution >= 0.6 is 0 Å². The van der Waals surface area contributed by atoms with Gasteiger partial charge in [0.05, 0.1) is 5.92 Å². The number of hydrogen-bond donors (Lipinski definition) is 4. The van der Waals surface area contributed by atoms with E-state index in [0.29, 0.717) is 41.5 Å². The molecule has 0 spiro atoms. The van der Waals surface area contributed by atoms with E-state index in [0.717, 1.165) is 5.56 Å². The average molecular weight is 371 g/mol. The van der Waals surface area contributed by atoms with Crippen molar-refractivity contribution in [2.75, 3.05) is 0 Å². The van der Waals surface area contributed by atoms with Crippen molar-refractivity contribution in [3.63, 3.8) is 0 Å². The van der Waals surface area contributed by atoms with Gasteiger partial charge in [0.15, 0.2) is 0 Å². The van der Waals surface area contributed by atoms with Crippen LogP contribution in [0.1, 0.15) is 35.4 Å². The molecule has 7 heteroatoms. The van der Waals surface area contributed by atoms with Crippen LogP contribution in [-0.4, -0.2) is 28.2 Å². The molecule has 5 nitrogen and oxygen atoms in total. The molecule has 142 valence electrons. The zero-order chi connectivity index (χ0) is 19.6. The van der Waals surface area contributed by atoms with E-state index in [2.05, 4.69) is 0 Å². The molecular formula is C20H23BFNO4. The van der Waals surface area contributed by atoms with Crippen LogP contribution in [-0.2, 0) is 17.8 Å². The van der Waals surface area contributed by atoms with E-state index in [-0.39, 0.29) is 24.6 Å². The Kier molecular flexibility index (Phi) is 5.94. The van der Waals surface area contributed by atoms with Crippen LogP contribution in [0.15, 0.2) is 36.4 Å². The average Bonchev–Trinajstić information content (AvgIpc) is 2.97. The van der Waals surface area contributed by atoms with Crippen molar-refractivity contribution < 1.29 is 24.3 Å². The van der Waals surface area contributed by atoms with Gasteiger partial charge in [0.1, 0.15) is 5.82 Å². The Hall–Kier alpha value is -2.22. The summed E-state index contributed by atoms with van der Waals surface area (Å²) in [6, 6.07) is 10.4. The lowest BCUT2D eigenvalue weighted by molar-refractivity contribution is -0.139. The maximum atomic E-state index is 14.8. The Morgan fingerprint density at radius 2 is 1.96 bits per heavy atom. The van der Waals surface area contributed by atoms with E-state index in [9.17, 15) is 14.3 Å². The summed E-state index contributed by atoms with van der Waals surface area (Å²) in [6.45, 7) is 0.265. The lowest BCUT2D eigenvalue weighted by atomic mass is 9.80. The van der Waals surface area contributed by atoms with Gasteiger partial charge in [-0.1, -0.05) is 30.7 Å². The first-order chi connectivity index (χ1) is 12.9. The fourth-order valence-electron chi connectivity index (χ4n) is 4.09. The second-order valence-electron chi connectivity index (χ2n) is 7.08. The largest absolute Gasteiger partial charge is 0.481 e. The first kappa shape index (κ1) is 19.5. The number of aliphatic carboxylic acids is 1. The molecule has 0 fully saturated rings. The fraction of sp³-hybridized carbons (Fsp3) is 0.350. The van der Waals surface area contributed by atoms with E-state index < -0.39 is 19.0 Å². The highest BCUT2D eigenvalue weighted by atomic mass is 19.1. The molecule has 2 atom stereocenters. The molecule has 0 saturated heterocycles. The predicted molar refractivity (Wildman–Crippen MR) is 102 cm³/mol. The quantitative estimate of drug-likeness (QED) is 0.560. The highest BCUT2D eigenvalue weighted by molar-refractivity contribution is 6.40. The molecule has 0 unspecified atom stereocenters. The van der Waals surface area contributed by atoms with Crippen LogP contribution in [0.25, 0.3) is 11.1 Å². The SMILES string of the molecule is NCc1ccccc1-c1cc2c(cc1F)C[C@H](CCCB(O)O)[C@@H]2C(=O)O. The molecule has 0 bridgehead atoms. The molecule has 1 aliphatic rings. The van der Waals surface area contributed by atoms with Gasteiger partial charge in [0.2, 0.25) is 0 Å². The third-order valence-corrected chi connectivity index (χ3v) is 5.35. The van der Waals surface area contributed by atoms with Gasteiger partial charge in [0.25, 0.3) is 0 Å². The Labute approximate surface area is 157 Å². The Bertz CT molecular complexity index is 843. The monoisotopic (exact) mass is 371 g/mol. The maximum absolute atomic E-state index is 14.8. The molecule has 0 saturated carbocycles. The lowest BCUT2D eigenvalue weighted by Crippen LogP contribution is -2.18. The van der Waals surface area contributed by atoms with Gasteiger partial charge in [-0.3, -0.25) is 4.79 Å². The number of carboxylic acid groups (broad SMARTS) is 1. The smallest absolute Gasteiger partial charge is 0.451 e. The van der Waals surface area contributed by atoms with Gasteiger partial charge in [-0.2, -0.15) is 0 Å². The van der Waals surface area contributed by atoms with Crippen molar-refractivity contribution in [1.82, 2.24) is 0 Å². The number of fused-ring (bicyclic) bond motifs is 1. The van der Waals surface area contributed by atoms with Crippen molar-refractivity contribution >= 4 is 13.1 Å². The minimum absolute atomic E-state index is 0.185. The number of carboxylic acids is 1. The standard InChI is InChI=1S/C20H23BFNO4/c22-18-9-14-8-12(5-3-7-21(26)27)19(20(24)25)16(14)10-17(18)15-6-2-1-4-13(15)11-23/h1-2,4,6,9-10,12,19,26-27H,3,5,7-8,11,23H2,(H,24,25)/t12-,19-/m0/s1. The van der Waals surface area contributed by atoms with Crippen molar-refractivity contribution in [2.45, 2.75) is 38.0 Å². The third kappa shape index (κ3) is 4.05. The second kappa shape index (κ2) is 8.21. The van der Waals surface area contributed by atoms with Crippen LogP contribution in [0.2, 0.25) is 6.32 Å². The van der Waals surface area contributed by atoms with Gasteiger partial charge in [0, 0.05) is 12.1 Å². The molecule has 5 N–H and O–H groups in total. The molecule has 2 aromatic rings. The molecular weight excluding hydrogens is 348 g/mol. The minimum Gasteiger partial charge on any atom is -0.481 e. The summed E-state index contributed by atoms with van der Waals surface area (Å²) in [5, 5.41) is 27.8. The number of halogens is 1. The molecule has 0 aliphatic heterocycles. The number of rotatable bonds is 7. The van der Waals surface area contributed by atoms with E-state index in [1.54, 1.807) is 18.2 Å². The Morgan fingerprint density at radius 3 is 2.63 bits per heavy atom. The molecule has 0 heterocycles. The normalized spacial score (nSPS) is 18.4. The molecule has 0 amide bonds. The minimum atomic E-state index is -1.39. The Balaban J connectivity index is 1.97. The van der Waals surface area contributed by atoms with Crippen molar-refractivity contribution in [3.05, 3.63) is 58.9 Å². The van der Waals surface area contributed by atoms with E-state index in [1.807, 2.05) is 12.1 Å². The molecule has 1 aliphatic carbocycles. The summed E-state index contributed by atoms with van der Waals surface area (Å²) in [6.07, 6.45) is 1.72. The highest BCUT2D eigenvalue weighted by Gasteiger charge is 2.38. The third-order valence-electron chi connectivity index (χ3n) is 5.35. The van der Waals surface area contributed by atoms with Crippen LogP contribution in [0.5, 0.6) is 0 Å². The number of nitrogens with two attached hydrogens (primary N) is 1. The first-order valence-corrected chi connectivity index (χ1v) is 9.12. The van der Waals surface area contributed by atoms with Gasteiger partial charge in [-0.15, -0.1) is 0 Å². The van der Waals surface area contributed by atoms with Crippen molar-refractivity contribution in [3.8, 4) is 11.1 Å². The van der Waals surface area contributed by atoms with Crippen LogP contribution in [0, 0.1) is 11.7 Å². The zero-order valence-corrected chi connectivity index (χ0v) is 14.9. The first-order valence-electron chi connectivity index (χ1n) is 9.12. The van der Waals surface area contributed by atoms with Crippen LogP contribution in [0.3, 0.4) is 0 Å². The summed E-state index contributed by atoms with van der Waals surface area (Å²) < 4.78 is 14.8. The predicted octanol–water partition coefficient (Wildman–Crippen LogP) is 2.54. The summed E-state index contributed by atoms with van der Waals surface area (Å²) in [5.41, 5.74) is 8.97. The molecule has 0 radical (unpaired) electrons. The summed E-state index contributed by atoms with van der Waals surface area (Å²) in [4.78, 5) is 11.9. The van der Waals surface area contributed by atoms with Crippen molar-refractivity contribution in [2.24, 2.45) is 11.7 Å². The van der Waals surface area contributed by atoms with Crippen LogP contribution in [0.4, 0.5) is 4.39 Å². The molecule has 27 heavy (non-hydrogen) atoms. The number of benzene rings is 2. The lowest BCUT2D eigenvalue weighted by Gasteiger charge is -2.17. The number of hydrogen-bond acceptors (Lipinski definition) is 4. The second-order valence-corrected chi connectivity index (χ2v) is 7.08. The molecule has 2 aromatic carbocycles. The van der Waals surface area contributed by atoms with E-state index >= 15 is 0 Å². The van der Waals surface area contributed by atoms with Crippen molar-refractivity contribution in [1.29, 1.82) is 0 Å². The van der Waals surface area contributed by atoms with E-state index in [1.165, 1.54) is 6.07 Å².